The molecule has 1 aliphatic rings. The minimum Gasteiger partial charge on any atom is -0.184 e. The van der Waals surface area contributed by atoms with Gasteiger partial charge in [0.25, 0.3) is 0 Å². The van der Waals surface area contributed by atoms with Crippen LogP contribution in [0.1, 0.15) is 49.9 Å². The smallest absolute Gasteiger partial charge is 0.184 e. The zero-order valence-corrected chi connectivity index (χ0v) is 36.0. The van der Waals surface area contributed by atoms with Crippen molar-refractivity contribution in [2.24, 2.45) is 11.8 Å². The van der Waals surface area contributed by atoms with Gasteiger partial charge in [-0.25, -0.2) is 0 Å². The molecule has 1 heterocycles. The van der Waals surface area contributed by atoms with E-state index in [1.807, 2.05) is 6.07 Å². The minimum absolute atomic E-state index is 0. The normalized spacial score (nSPS) is 11.4. The summed E-state index contributed by atoms with van der Waals surface area (Å²) in [6.45, 7) is 13.5. The third kappa shape index (κ3) is 8.94. The molecule has 0 unspecified atom stereocenters. The van der Waals surface area contributed by atoms with Crippen LogP contribution in [-0.4, -0.2) is 9.52 Å². The Kier molecular flexibility index (Phi) is 13.0. The van der Waals surface area contributed by atoms with Crippen LogP contribution in [0.2, 0.25) is 0 Å². The van der Waals surface area contributed by atoms with Crippen molar-refractivity contribution in [3.8, 4) is 33.4 Å². The largest absolute Gasteiger partial charge is 3.00 e. The van der Waals surface area contributed by atoms with E-state index in [-0.39, 0.29) is 26.2 Å². The van der Waals surface area contributed by atoms with Crippen LogP contribution in [0.4, 0.5) is 0 Å². The first kappa shape index (κ1) is 39.3. The van der Waals surface area contributed by atoms with E-state index < -0.39 is 0 Å². The molecule has 1 aliphatic heterocycles. The van der Waals surface area contributed by atoms with Gasteiger partial charge in [-0.1, -0.05) is 135 Å². The molecule has 0 bridgehead atoms. The summed E-state index contributed by atoms with van der Waals surface area (Å²) in [6.07, 6.45) is 2.31. The Morgan fingerprint density at radius 1 is 0.500 bits per heavy atom. The Labute approximate surface area is 345 Å². The predicted molar refractivity (Wildman–Crippen MR) is 232 cm³/mol. The first-order valence-electron chi connectivity index (χ1n) is 19.1. The molecule has 54 heavy (non-hydrogen) atoms. The number of hydrogen-bond acceptors (Lipinski definition) is 0. The molecule has 0 N–H and O–H groups in total. The third-order valence-electron chi connectivity index (χ3n) is 10.1. The number of rotatable bonds is 6. The van der Waals surface area contributed by atoms with Crippen molar-refractivity contribution >= 4 is 41.4 Å². The first-order chi connectivity index (χ1) is 25.7. The molecule has 0 spiro atoms. The van der Waals surface area contributed by atoms with Crippen LogP contribution in [0.3, 0.4) is 0 Å². The van der Waals surface area contributed by atoms with E-state index in [2.05, 4.69) is 193 Å². The summed E-state index contributed by atoms with van der Waals surface area (Å²) in [5.41, 5.74) is 13.8. The van der Waals surface area contributed by atoms with Crippen molar-refractivity contribution in [2.45, 2.75) is 54.4 Å². The Balaban J connectivity index is 0.000000140. The maximum atomic E-state index is 3.31. The quantitative estimate of drug-likeness (QED) is 0.116. The van der Waals surface area contributed by atoms with Crippen LogP contribution < -0.4 is 10.4 Å². The molecule has 8 aromatic carbocycles. The van der Waals surface area contributed by atoms with Gasteiger partial charge in [0.05, 0.1) is 9.52 Å². The summed E-state index contributed by atoms with van der Waals surface area (Å²) in [4.78, 5) is 0. The molecule has 0 amide bonds. The van der Waals surface area contributed by atoms with Gasteiger partial charge in [0.1, 0.15) is 0 Å². The maximum absolute atomic E-state index is 3.31. The zero-order chi connectivity index (χ0) is 36.9. The van der Waals surface area contributed by atoms with Gasteiger partial charge in [0.2, 0.25) is 0 Å². The van der Waals surface area contributed by atoms with Gasteiger partial charge < -0.3 is 0 Å². The van der Waals surface area contributed by atoms with Gasteiger partial charge in [-0.05, 0) is 60.8 Å². The van der Waals surface area contributed by atoms with E-state index in [0.29, 0.717) is 11.8 Å². The second-order valence-corrected chi connectivity index (χ2v) is 16.6. The number of hydrogen-bond donors (Lipinski definition) is 0. The molecular weight excluding hydrogens is 744 g/mol. The number of fused-ring (bicyclic) bond motifs is 5. The molecule has 0 atom stereocenters. The van der Waals surface area contributed by atoms with Gasteiger partial charge in [-0.2, -0.15) is 41.6 Å². The Morgan fingerprint density at radius 3 is 1.44 bits per heavy atom. The van der Waals surface area contributed by atoms with E-state index in [4.69, 9.17) is 0 Å². The molecule has 2 heteroatoms. The van der Waals surface area contributed by atoms with Crippen molar-refractivity contribution in [2.75, 3.05) is 0 Å². The van der Waals surface area contributed by atoms with Crippen LogP contribution in [0.5, 0.6) is 0 Å². The molecule has 3 radical (unpaired) electrons. The van der Waals surface area contributed by atoms with Crippen molar-refractivity contribution in [1.82, 2.24) is 0 Å². The Bertz CT molecular complexity index is 2300. The Morgan fingerprint density at radius 2 is 0.944 bits per heavy atom. The van der Waals surface area contributed by atoms with Crippen molar-refractivity contribution in [3.05, 3.63) is 180 Å². The molecule has 0 aromatic heterocycles. The third-order valence-corrected chi connectivity index (χ3v) is 11.5. The van der Waals surface area contributed by atoms with Crippen LogP contribution >= 0.6 is 0 Å². The molecule has 0 saturated heterocycles. The summed E-state index contributed by atoms with van der Waals surface area (Å²) in [5.74, 6) is 1.41. The summed E-state index contributed by atoms with van der Waals surface area (Å²) in [5, 5.41) is 8.32. The second-order valence-electron chi connectivity index (χ2n) is 15.3. The number of benzene rings is 6. The molecular formula is C52H49SiZr. The summed E-state index contributed by atoms with van der Waals surface area (Å²) in [6, 6.07) is 58.1. The SMILES string of the molecule is Cc1ccccc1-c1cccc2[cH-]c(CC(C)C)cc12.Cc1ccccc1-c1cccc2[cH-]c(CC(C)C)cc12.[Zr+3].[c-]1cccc2c1[Si]c1ccccc1-2. The van der Waals surface area contributed by atoms with E-state index >= 15 is 0 Å². The maximum Gasteiger partial charge on any atom is 3.00 e. The molecule has 265 valence electrons. The van der Waals surface area contributed by atoms with Crippen molar-refractivity contribution in [1.29, 1.82) is 0 Å². The monoisotopic (exact) mass is 791 g/mol. The van der Waals surface area contributed by atoms with E-state index in [1.54, 1.807) is 0 Å². The fourth-order valence-electron chi connectivity index (χ4n) is 7.72. The topological polar surface area (TPSA) is 0 Å². The van der Waals surface area contributed by atoms with Gasteiger partial charge in [-0.15, -0.1) is 74.6 Å². The number of aryl methyl sites for hydroxylation is 2. The van der Waals surface area contributed by atoms with E-state index in [9.17, 15) is 0 Å². The predicted octanol–water partition coefficient (Wildman–Crippen LogP) is 12.6. The van der Waals surface area contributed by atoms with Gasteiger partial charge in [0, 0.05) is 0 Å². The zero-order valence-electron chi connectivity index (χ0n) is 32.5. The summed E-state index contributed by atoms with van der Waals surface area (Å²) >= 11 is 0. The molecule has 0 aliphatic carbocycles. The van der Waals surface area contributed by atoms with Crippen LogP contribution in [0.15, 0.2) is 152 Å². The van der Waals surface area contributed by atoms with Crippen LogP contribution in [0, 0.1) is 31.7 Å². The molecule has 0 nitrogen and oxygen atoms in total. The summed E-state index contributed by atoms with van der Waals surface area (Å²) in [7, 11) is 0.795. The summed E-state index contributed by atoms with van der Waals surface area (Å²) < 4.78 is 0. The van der Waals surface area contributed by atoms with Crippen LogP contribution in [-0.2, 0) is 39.0 Å². The standard InChI is InChI=1S/2C20H21.C12H7Si.Zr/c2*1-14(2)11-16-12-17-8-6-10-19(20(17)13-16)18-9-5-4-7-15(18)3;1-3-7-11-9(5-1)10-6-2-4-8-12(10)13-11;/h2*4-10,12-14H,11H2,1-3H3;1-7H;/q3*-1;+3. The van der Waals surface area contributed by atoms with Crippen molar-refractivity contribution < 1.29 is 26.2 Å². The fourth-order valence-corrected chi connectivity index (χ4v) is 9.03. The Hall–Kier alpha value is -4.36. The molecule has 0 fully saturated rings. The van der Waals surface area contributed by atoms with E-state index in [0.717, 1.165) is 22.4 Å². The average Bonchev–Trinajstić information content (AvgIpc) is 3.86. The fraction of sp³-hybridized carbons (Fsp3) is 0.192. The van der Waals surface area contributed by atoms with Crippen LogP contribution in [0.25, 0.3) is 54.9 Å². The molecule has 0 saturated carbocycles. The van der Waals surface area contributed by atoms with Gasteiger partial charge in [0.15, 0.2) is 0 Å². The van der Waals surface area contributed by atoms with E-state index in [1.165, 1.54) is 87.6 Å². The average molecular weight is 793 g/mol. The van der Waals surface area contributed by atoms with Crippen molar-refractivity contribution in [3.63, 3.8) is 0 Å². The second kappa shape index (κ2) is 17.9. The first-order valence-corrected chi connectivity index (χ1v) is 20.1. The van der Waals surface area contributed by atoms with Gasteiger partial charge in [-0.3, -0.25) is 0 Å². The molecule has 9 rings (SSSR count). The minimum atomic E-state index is 0. The molecule has 8 aromatic rings. The van der Waals surface area contributed by atoms with Gasteiger partial charge >= 0.3 is 26.2 Å².